The number of hydrogen-bond donors (Lipinski definition) is 1. The molecule has 164 valence electrons. The highest BCUT2D eigenvalue weighted by Gasteiger charge is 2.22. The zero-order chi connectivity index (χ0) is 21.9. The average molecular weight is 429 g/mol. The van der Waals surface area contributed by atoms with E-state index in [2.05, 4.69) is 33.1 Å². The normalized spacial score (nSPS) is 16.6. The lowest BCUT2D eigenvalue weighted by Crippen LogP contribution is -2.46. The van der Waals surface area contributed by atoms with Crippen molar-refractivity contribution in [1.82, 2.24) is 9.88 Å². The molecule has 0 bridgehead atoms. The molecule has 6 heteroatoms. The van der Waals surface area contributed by atoms with Crippen molar-refractivity contribution in [3.8, 4) is 11.8 Å². The number of aryl methyl sites for hydroxylation is 1. The number of nitrogens with one attached hydrogen (secondary N) is 1. The third kappa shape index (κ3) is 4.21. The van der Waals surface area contributed by atoms with Crippen LogP contribution in [0.3, 0.4) is 0 Å². The predicted molar refractivity (Wildman–Crippen MR) is 125 cm³/mol. The average Bonchev–Trinajstić information content (AvgIpc) is 3.24. The molecule has 0 atom stereocenters. The van der Waals surface area contributed by atoms with E-state index >= 15 is 0 Å². The van der Waals surface area contributed by atoms with Gasteiger partial charge in [0.2, 0.25) is 0 Å². The Morgan fingerprint density at radius 3 is 2.78 bits per heavy atom. The second-order valence-electron chi connectivity index (χ2n) is 8.67. The van der Waals surface area contributed by atoms with Crippen molar-refractivity contribution in [3.63, 3.8) is 0 Å². The summed E-state index contributed by atoms with van der Waals surface area (Å²) in [4.78, 5) is 20.4. The van der Waals surface area contributed by atoms with Crippen molar-refractivity contribution in [2.75, 3.05) is 44.2 Å². The van der Waals surface area contributed by atoms with Crippen LogP contribution in [0.2, 0.25) is 0 Å². The molecule has 0 aliphatic carbocycles. The second kappa shape index (κ2) is 9.05. The number of benzene rings is 2. The van der Waals surface area contributed by atoms with E-state index in [1.165, 1.54) is 10.9 Å². The minimum absolute atomic E-state index is 0.186. The van der Waals surface area contributed by atoms with Crippen LogP contribution >= 0.6 is 0 Å². The zero-order valence-electron chi connectivity index (χ0n) is 18.3. The molecule has 1 aromatic heterocycles. The van der Waals surface area contributed by atoms with Gasteiger partial charge in [0, 0.05) is 55.4 Å². The van der Waals surface area contributed by atoms with Crippen molar-refractivity contribution in [1.29, 1.82) is 5.26 Å². The van der Waals surface area contributed by atoms with Crippen LogP contribution < -0.4 is 9.64 Å². The number of anilines is 1. The number of H-pyrrole nitrogens is 1. The van der Waals surface area contributed by atoms with Gasteiger partial charge in [-0.25, -0.2) is 0 Å². The van der Waals surface area contributed by atoms with Crippen LogP contribution in [0, 0.1) is 11.3 Å². The van der Waals surface area contributed by atoms with E-state index in [4.69, 9.17) is 10.00 Å². The second-order valence-corrected chi connectivity index (χ2v) is 8.67. The van der Waals surface area contributed by atoms with Crippen LogP contribution in [-0.2, 0) is 6.42 Å². The van der Waals surface area contributed by atoms with Gasteiger partial charge in [0.1, 0.15) is 5.75 Å². The molecule has 32 heavy (non-hydrogen) atoms. The van der Waals surface area contributed by atoms with E-state index in [-0.39, 0.29) is 5.78 Å². The highest BCUT2D eigenvalue weighted by atomic mass is 16.5. The molecule has 2 aromatic carbocycles. The van der Waals surface area contributed by atoms with Gasteiger partial charge in [-0.3, -0.25) is 9.69 Å². The molecule has 0 radical (unpaired) electrons. The molecule has 1 fully saturated rings. The summed E-state index contributed by atoms with van der Waals surface area (Å²) in [7, 11) is 0. The number of nitriles is 1. The summed E-state index contributed by atoms with van der Waals surface area (Å²) in [6, 6.07) is 14.1. The summed E-state index contributed by atoms with van der Waals surface area (Å²) in [6.45, 7) is 5.64. The number of ketones is 1. The van der Waals surface area contributed by atoms with Crippen molar-refractivity contribution in [2.24, 2.45) is 0 Å². The maximum absolute atomic E-state index is 12.2. The van der Waals surface area contributed by atoms with Crippen LogP contribution in [0.15, 0.2) is 42.6 Å². The van der Waals surface area contributed by atoms with E-state index < -0.39 is 0 Å². The van der Waals surface area contributed by atoms with Crippen molar-refractivity contribution in [2.45, 2.75) is 25.7 Å². The molecular formula is C26H28N4O2. The number of ether oxygens (including phenoxy) is 1. The Morgan fingerprint density at radius 1 is 1.06 bits per heavy atom. The molecule has 2 aliphatic heterocycles. The van der Waals surface area contributed by atoms with E-state index in [0.717, 1.165) is 74.5 Å². The first-order valence-electron chi connectivity index (χ1n) is 11.5. The highest BCUT2D eigenvalue weighted by molar-refractivity contribution is 6.00. The predicted octanol–water partition coefficient (Wildman–Crippen LogP) is 4.15. The molecule has 1 N–H and O–H groups in total. The molecule has 3 heterocycles. The molecule has 1 saturated heterocycles. The molecule has 0 saturated carbocycles. The van der Waals surface area contributed by atoms with Gasteiger partial charge in [0.15, 0.2) is 5.78 Å². The van der Waals surface area contributed by atoms with Crippen molar-refractivity contribution < 1.29 is 9.53 Å². The molecule has 0 unspecified atom stereocenters. The Morgan fingerprint density at radius 2 is 1.94 bits per heavy atom. The summed E-state index contributed by atoms with van der Waals surface area (Å²) >= 11 is 0. The lowest BCUT2D eigenvalue weighted by atomic mass is 10.0. The monoisotopic (exact) mass is 428 g/mol. The van der Waals surface area contributed by atoms with Crippen LogP contribution in [0.5, 0.6) is 5.75 Å². The van der Waals surface area contributed by atoms with Crippen LogP contribution in [-0.4, -0.2) is 55.0 Å². The number of unbranched alkanes of at least 4 members (excludes halogenated alkanes) is 1. The first-order valence-corrected chi connectivity index (χ1v) is 11.5. The van der Waals surface area contributed by atoms with Gasteiger partial charge in [-0.1, -0.05) is 0 Å². The lowest BCUT2D eigenvalue weighted by molar-refractivity contribution is 0.0933. The number of aromatic nitrogens is 1. The van der Waals surface area contributed by atoms with Crippen molar-refractivity contribution >= 4 is 22.4 Å². The quantitative estimate of drug-likeness (QED) is 0.597. The van der Waals surface area contributed by atoms with Gasteiger partial charge in [-0.05, 0) is 67.8 Å². The van der Waals surface area contributed by atoms with Crippen LogP contribution in [0.1, 0.15) is 40.7 Å². The molecular weight excluding hydrogens is 400 g/mol. The minimum atomic E-state index is 0.186. The Bertz CT molecular complexity index is 1170. The fourth-order valence-corrected chi connectivity index (χ4v) is 4.78. The number of aromatic amines is 1. The number of Topliss-reactive ketones (excluding diaryl/α,β-unsaturated/α-hetero) is 1. The fraction of sp³-hybridized carbons (Fsp3) is 0.385. The summed E-state index contributed by atoms with van der Waals surface area (Å²) in [5, 5.41) is 10.3. The van der Waals surface area contributed by atoms with E-state index in [1.807, 2.05) is 30.3 Å². The first kappa shape index (κ1) is 20.6. The Balaban J connectivity index is 1.10. The van der Waals surface area contributed by atoms with E-state index in [1.54, 1.807) is 0 Å². The van der Waals surface area contributed by atoms with Gasteiger partial charge in [-0.2, -0.15) is 5.26 Å². The van der Waals surface area contributed by atoms with E-state index in [0.29, 0.717) is 18.6 Å². The Labute approximate surface area is 188 Å². The van der Waals surface area contributed by atoms with Crippen molar-refractivity contribution in [3.05, 3.63) is 59.3 Å². The molecule has 0 spiro atoms. The smallest absolute Gasteiger partial charge is 0.170 e. The topological polar surface area (TPSA) is 72.4 Å². The largest absolute Gasteiger partial charge is 0.492 e. The third-order valence-corrected chi connectivity index (χ3v) is 6.65. The third-order valence-electron chi connectivity index (χ3n) is 6.65. The summed E-state index contributed by atoms with van der Waals surface area (Å²) < 4.78 is 5.61. The van der Waals surface area contributed by atoms with Gasteiger partial charge >= 0.3 is 0 Å². The summed E-state index contributed by atoms with van der Waals surface area (Å²) in [5.41, 5.74) is 4.97. The molecule has 6 nitrogen and oxygen atoms in total. The van der Waals surface area contributed by atoms with Crippen LogP contribution in [0.4, 0.5) is 5.69 Å². The lowest BCUT2D eigenvalue weighted by Gasteiger charge is -2.36. The number of rotatable bonds is 6. The summed E-state index contributed by atoms with van der Waals surface area (Å²) in [5.74, 6) is 0.911. The zero-order valence-corrected chi connectivity index (χ0v) is 18.3. The Hall–Kier alpha value is -3.30. The summed E-state index contributed by atoms with van der Waals surface area (Å²) in [6.07, 6.45) is 5.88. The Kier molecular flexibility index (Phi) is 5.83. The number of piperazine rings is 1. The molecule has 2 aliphatic rings. The standard InChI is InChI=1S/C26H28N4O2/c27-17-19-4-6-24-22(15-19)20(18-28-24)3-1-2-9-29-10-12-30(13-11-29)21-5-7-26-23(16-21)25(31)8-14-32-26/h4-7,15-16,18,28H,1-3,8-14H2. The van der Waals surface area contributed by atoms with E-state index in [9.17, 15) is 4.79 Å². The number of nitrogens with zero attached hydrogens (tertiary/aromatic N) is 3. The SMILES string of the molecule is N#Cc1ccc2[nH]cc(CCCCN3CCN(c4ccc5c(c4)C(=O)CCO5)CC3)c2c1. The van der Waals surface area contributed by atoms with Gasteiger partial charge in [-0.15, -0.1) is 0 Å². The number of carbonyl (C=O) groups excluding carboxylic acids is 1. The van der Waals surface area contributed by atoms with Gasteiger partial charge in [0.25, 0.3) is 0 Å². The maximum atomic E-state index is 12.2. The number of fused-ring (bicyclic) bond motifs is 2. The maximum Gasteiger partial charge on any atom is 0.170 e. The van der Waals surface area contributed by atoms with Gasteiger partial charge in [0.05, 0.1) is 23.8 Å². The molecule has 3 aromatic rings. The number of hydrogen-bond acceptors (Lipinski definition) is 5. The first-order chi connectivity index (χ1) is 15.7. The molecule has 0 amide bonds. The number of carbonyl (C=O) groups is 1. The molecule has 5 rings (SSSR count). The van der Waals surface area contributed by atoms with Crippen LogP contribution in [0.25, 0.3) is 10.9 Å². The van der Waals surface area contributed by atoms with Gasteiger partial charge < -0.3 is 14.6 Å². The minimum Gasteiger partial charge on any atom is -0.492 e. The highest BCUT2D eigenvalue weighted by Crippen LogP contribution is 2.29. The fourth-order valence-electron chi connectivity index (χ4n) is 4.78.